The first-order valence-electron chi connectivity index (χ1n) is 8.63. The van der Waals surface area contributed by atoms with E-state index in [9.17, 15) is 0 Å². The number of nitrogens with one attached hydrogen (secondary N) is 1. The van der Waals surface area contributed by atoms with Gasteiger partial charge in [-0.2, -0.15) is 0 Å². The summed E-state index contributed by atoms with van der Waals surface area (Å²) in [4.78, 5) is 10.7. The Morgan fingerprint density at radius 3 is 2.83 bits per heavy atom. The van der Waals surface area contributed by atoms with Gasteiger partial charge in [-0.25, -0.2) is 0 Å². The summed E-state index contributed by atoms with van der Waals surface area (Å²) in [6, 6.07) is 3.79. The maximum absolute atomic E-state index is 5.64. The molecule has 1 aromatic rings. The highest BCUT2D eigenvalue weighted by Gasteiger charge is 2.20. The first-order chi connectivity index (χ1) is 11.2. The van der Waals surface area contributed by atoms with Gasteiger partial charge in [-0.15, -0.1) is 0 Å². The van der Waals surface area contributed by atoms with Crippen LogP contribution in [0.1, 0.15) is 32.6 Å². The molecule has 1 fully saturated rings. The molecule has 1 N–H and O–H groups in total. The Morgan fingerprint density at radius 1 is 1.39 bits per heavy atom. The van der Waals surface area contributed by atoms with Crippen LogP contribution in [0.25, 0.3) is 0 Å². The molecule has 1 aliphatic carbocycles. The molecule has 1 heterocycles. The lowest BCUT2D eigenvalue weighted by molar-refractivity contribution is 0.249. The molecule has 1 aliphatic rings. The number of aromatic nitrogens is 1. The van der Waals surface area contributed by atoms with Crippen molar-refractivity contribution in [1.82, 2.24) is 15.2 Å². The number of guanidine groups is 1. The van der Waals surface area contributed by atoms with Crippen LogP contribution in [0.3, 0.4) is 0 Å². The fourth-order valence-corrected chi connectivity index (χ4v) is 3.13. The molecule has 5 nitrogen and oxygen atoms in total. The Hall–Kier alpha value is -1.78. The molecule has 0 saturated heterocycles. The van der Waals surface area contributed by atoms with Gasteiger partial charge in [0.25, 0.3) is 0 Å². The maximum atomic E-state index is 5.64. The first kappa shape index (κ1) is 17.6. The molecule has 5 heteroatoms. The van der Waals surface area contributed by atoms with Crippen molar-refractivity contribution in [2.75, 3.05) is 33.8 Å². The number of hydrogen-bond acceptors (Lipinski definition) is 3. The van der Waals surface area contributed by atoms with E-state index in [1.807, 2.05) is 19.2 Å². The summed E-state index contributed by atoms with van der Waals surface area (Å²) in [6.07, 6.45) is 8.88. The summed E-state index contributed by atoms with van der Waals surface area (Å²) >= 11 is 0. The molecule has 0 spiro atoms. The molecule has 0 bridgehead atoms. The van der Waals surface area contributed by atoms with Crippen LogP contribution in [0.15, 0.2) is 29.5 Å². The molecule has 2 rings (SSSR count). The largest absolute Gasteiger partial charge is 0.490 e. The summed E-state index contributed by atoms with van der Waals surface area (Å²) in [7, 11) is 3.96. The zero-order chi connectivity index (χ0) is 16.5. The van der Waals surface area contributed by atoms with Gasteiger partial charge < -0.3 is 15.0 Å². The second-order valence-electron chi connectivity index (χ2n) is 6.52. The highest BCUT2D eigenvalue weighted by Crippen LogP contribution is 2.28. The Labute approximate surface area is 140 Å². The molecule has 1 saturated carbocycles. The van der Waals surface area contributed by atoms with Crippen molar-refractivity contribution in [2.24, 2.45) is 16.8 Å². The van der Waals surface area contributed by atoms with E-state index in [0.29, 0.717) is 6.61 Å². The predicted molar refractivity (Wildman–Crippen MR) is 94.8 cm³/mol. The van der Waals surface area contributed by atoms with E-state index >= 15 is 0 Å². The van der Waals surface area contributed by atoms with Crippen LogP contribution in [-0.4, -0.2) is 49.6 Å². The zero-order valence-electron chi connectivity index (χ0n) is 14.7. The number of nitrogens with zero attached hydrogens (tertiary/aromatic N) is 3. The lowest BCUT2D eigenvalue weighted by atomic mass is 9.83. The van der Waals surface area contributed by atoms with Gasteiger partial charge in [-0.1, -0.05) is 19.8 Å². The average Bonchev–Trinajstić information content (AvgIpc) is 2.58. The second-order valence-corrected chi connectivity index (χ2v) is 6.52. The van der Waals surface area contributed by atoms with Gasteiger partial charge in [0.1, 0.15) is 12.4 Å². The Kier molecular flexibility index (Phi) is 7.17. The second kappa shape index (κ2) is 9.38. The van der Waals surface area contributed by atoms with Crippen LogP contribution < -0.4 is 10.1 Å². The van der Waals surface area contributed by atoms with Crippen molar-refractivity contribution < 1.29 is 4.74 Å². The van der Waals surface area contributed by atoms with Crippen molar-refractivity contribution in [3.8, 4) is 5.75 Å². The topological polar surface area (TPSA) is 49.8 Å². The van der Waals surface area contributed by atoms with Crippen molar-refractivity contribution in [1.29, 1.82) is 0 Å². The number of aliphatic imine (C=N–C) groups is 1. The molecular weight excluding hydrogens is 288 g/mol. The SMILES string of the molecule is CN=C(NCCOc1cccnc1)N(C)CC1CCC(C)CC1. The highest BCUT2D eigenvalue weighted by molar-refractivity contribution is 5.79. The smallest absolute Gasteiger partial charge is 0.193 e. The Morgan fingerprint density at radius 2 is 2.17 bits per heavy atom. The van der Waals surface area contributed by atoms with E-state index in [2.05, 4.69) is 34.2 Å². The molecule has 1 aromatic heterocycles. The molecule has 0 unspecified atom stereocenters. The summed E-state index contributed by atoms with van der Waals surface area (Å²) in [5, 5.41) is 3.37. The lowest BCUT2D eigenvalue weighted by Gasteiger charge is -2.31. The molecule has 0 amide bonds. The summed E-state index contributed by atoms with van der Waals surface area (Å²) in [5.41, 5.74) is 0. The van der Waals surface area contributed by atoms with E-state index in [1.165, 1.54) is 25.7 Å². The zero-order valence-corrected chi connectivity index (χ0v) is 14.7. The summed E-state index contributed by atoms with van der Waals surface area (Å²) in [6.45, 7) is 4.77. The third kappa shape index (κ3) is 6.08. The normalized spacial score (nSPS) is 21.8. The van der Waals surface area contributed by atoms with Gasteiger partial charge in [-0.3, -0.25) is 9.98 Å². The van der Waals surface area contributed by atoms with E-state index in [4.69, 9.17) is 4.74 Å². The Balaban J connectivity index is 1.67. The standard InChI is InChI=1S/C18H30N4O/c1-15-6-8-16(9-7-15)14-22(3)18(19-2)21-11-12-23-17-5-4-10-20-13-17/h4-5,10,13,15-16H,6-9,11-12,14H2,1-3H3,(H,19,21). The van der Waals surface area contributed by atoms with Gasteiger partial charge in [-0.05, 0) is 36.8 Å². The molecule has 0 aliphatic heterocycles. The van der Waals surface area contributed by atoms with Gasteiger partial charge >= 0.3 is 0 Å². The van der Waals surface area contributed by atoms with Gasteiger partial charge in [0.15, 0.2) is 5.96 Å². The van der Waals surface area contributed by atoms with Crippen LogP contribution in [0.4, 0.5) is 0 Å². The third-order valence-corrected chi connectivity index (χ3v) is 4.53. The minimum Gasteiger partial charge on any atom is -0.490 e. The minimum absolute atomic E-state index is 0.597. The fourth-order valence-electron chi connectivity index (χ4n) is 3.13. The number of hydrogen-bond donors (Lipinski definition) is 1. The lowest BCUT2D eigenvalue weighted by Crippen LogP contribution is -2.43. The minimum atomic E-state index is 0.597. The fraction of sp³-hybridized carbons (Fsp3) is 0.667. The summed E-state index contributed by atoms with van der Waals surface area (Å²) < 4.78 is 5.64. The maximum Gasteiger partial charge on any atom is 0.193 e. The van der Waals surface area contributed by atoms with E-state index in [-0.39, 0.29) is 0 Å². The summed E-state index contributed by atoms with van der Waals surface area (Å²) in [5.74, 6) is 3.44. The third-order valence-electron chi connectivity index (χ3n) is 4.53. The van der Waals surface area contributed by atoms with Gasteiger partial charge in [0, 0.05) is 26.8 Å². The predicted octanol–water partition coefficient (Wildman–Crippen LogP) is 2.79. The van der Waals surface area contributed by atoms with Crippen molar-refractivity contribution in [3.05, 3.63) is 24.5 Å². The van der Waals surface area contributed by atoms with Gasteiger partial charge in [0.05, 0.1) is 12.7 Å². The Bertz CT molecular complexity index is 469. The molecular formula is C18H30N4O. The number of pyridine rings is 1. The average molecular weight is 318 g/mol. The number of rotatable bonds is 6. The quantitative estimate of drug-likeness (QED) is 0.498. The molecule has 23 heavy (non-hydrogen) atoms. The first-order valence-corrected chi connectivity index (χ1v) is 8.63. The van der Waals surface area contributed by atoms with Crippen molar-refractivity contribution >= 4 is 5.96 Å². The van der Waals surface area contributed by atoms with Crippen molar-refractivity contribution in [3.63, 3.8) is 0 Å². The van der Waals surface area contributed by atoms with E-state index < -0.39 is 0 Å². The number of ether oxygens (including phenoxy) is 1. The van der Waals surface area contributed by atoms with E-state index in [1.54, 1.807) is 12.4 Å². The molecule has 0 radical (unpaired) electrons. The molecule has 0 aromatic carbocycles. The molecule has 0 atom stereocenters. The monoisotopic (exact) mass is 318 g/mol. The van der Waals surface area contributed by atoms with Gasteiger partial charge in [0.2, 0.25) is 0 Å². The van der Waals surface area contributed by atoms with E-state index in [0.717, 1.165) is 36.6 Å². The molecule has 128 valence electrons. The van der Waals surface area contributed by atoms with Crippen LogP contribution >= 0.6 is 0 Å². The van der Waals surface area contributed by atoms with Crippen LogP contribution in [-0.2, 0) is 0 Å². The van der Waals surface area contributed by atoms with Crippen LogP contribution in [0, 0.1) is 11.8 Å². The van der Waals surface area contributed by atoms with Crippen LogP contribution in [0.2, 0.25) is 0 Å². The van der Waals surface area contributed by atoms with Crippen molar-refractivity contribution in [2.45, 2.75) is 32.6 Å². The van der Waals surface area contributed by atoms with Crippen LogP contribution in [0.5, 0.6) is 5.75 Å². The highest BCUT2D eigenvalue weighted by atomic mass is 16.5.